The molecule has 1 aliphatic heterocycles. The number of esters is 1. The van der Waals surface area contributed by atoms with E-state index in [1.54, 1.807) is 13.2 Å². The lowest BCUT2D eigenvalue weighted by molar-refractivity contribution is -0.129. The first-order chi connectivity index (χ1) is 12.3. The first kappa shape index (κ1) is 18.4. The summed E-state index contributed by atoms with van der Waals surface area (Å²) >= 11 is 3.42. The van der Waals surface area contributed by atoms with Crippen molar-refractivity contribution in [2.75, 3.05) is 7.11 Å². The average molecular weight is 414 g/mol. The van der Waals surface area contributed by atoms with Crippen LogP contribution in [0.3, 0.4) is 0 Å². The zero-order valence-electron chi connectivity index (χ0n) is 15.2. The summed E-state index contributed by atoms with van der Waals surface area (Å²) in [6.45, 7) is 6.46. The quantitative estimate of drug-likeness (QED) is 0.519. The van der Waals surface area contributed by atoms with E-state index >= 15 is 0 Å². The molecule has 0 unspecified atom stereocenters. The SMILES string of the molecule is COc1ccc(Br)cc1C=C1N=C(c2ccc(C(C)(C)C)cc2)OC1=O. The molecule has 0 fully saturated rings. The van der Waals surface area contributed by atoms with E-state index < -0.39 is 5.97 Å². The van der Waals surface area contributed by atoms with Crippen molar-refractivity contribution in [1.82, 2.24) is 0 Å². The fourth-order valence-electron chi connectivity index (χ4n) is 2.61. The number of benzene rings is 2. The van der Waals surface area contributed by atoms with Gasteiger partial charge in [0.15, 0.2) is 5.70 Å². The van der Waals surface area contributed by atoms with Gasteiger partial charge in [-0.25, -0.2) is 9.79 Å². The number of hydrogen-bond donors (Lipinski definition) is 0. The Kier molecular flexibility index (Phi) is 5.01. The lowest BCUT2D eigenvalue weighted by Crippen LogP contribution is -2.11. The number of nitrogens with zero attached hydrogens (tertiary/aromatic N) is 1. The van der Waals surface area contributed by atoms with Crippen LogP contribution in [0, 0.1) is 0 Å². The molecule has 0 amide bonds. The average Bonchev–Trinajstić information content (AvgIpc) is 2.95. The first-order valence-corrected chi connectivity index (χ1v) is 9.04. The summed E-state index contributed by atoms with van der Waals surface area (Å²) in [5.41, 5.74) is 3.05. The van der Waals surface area contributed by atoms with Gasteiger partial charge in [0.2, 0.25) is 5.90 Å². The normalized spacial score (nSPS) is 15.8. The largest absolute Gasteiger partial charge is 0.496 e. The predicted octanol–water partition coefficient (Wildman–Crippen LogP) is 5.10. The van der Waals surface area contributed by atoms with Crippen molar-refractivity contribution < 1.29 is 14.3 Å². The smallest absolute Gasteiger partial charge is 0.363 e. The minimum Gasteiger partial charge on any atom is -0.496 e. The van der Waals surface area contributed by atoms with Crippen LogP contribution in [0.2, 0.25) is 0 Å². The third-order valence-corrected chi connectivity index (χ3v) is 4.60. The Balaban J connectivity index is 1.93. The maximum atomic E-state index is 12.2. The number of methoxy groups -OCH3 is 1. The molecule has 1 heterocycles. The summed E-state index contributed by atoms with van der Waals surface area (Å²) in [5, 5.41) is 0. The molecular weight excluding hydrogens is 394 g/mol. The molecule has 3 rings (SSSR count). The summed E-state index contributed by atoms with van der Waals surface area (Å²) in [4.78, 5) is 16.6. The number of cyclic esters (lactones) is 1. The summed E-state index contributed by atoms with van der Waals surface area (Å²) in [5.74, 6) is 0.504. The highest BCUT2D eigenvalue weighted by atomic mass is 79.9. The van der Waals surface area contributed by atoms with Gasteiger partial charge < -0.3 is 9.47 Å². The van der Waals surface area contributed by atoms with Crippen molar-refractivity contribution in [3.63, 3.8) is 0 Å². The Labute approximate surface area is 161 Å². The van der Waals surface area contributed by atoms with Crippen molar-refractivity contribution in [1.29, 1.82) is 0 Å². The van der Waals surface area contributed by atoms with Gasteiger partial charge in [-0.05, 0) is 47.4 Å². The lowest BCUT2D eigenvalue weighted by Gasteiger charge is -2.18. The van der Waals surface area contributed by atoms with Crippen LogP contribution in [0.1, 0.15) is 37.5 Å². The van der Waals surface area contributed by atoms with Crippen LogP contribution in [0.4, 0.5) is 0 Å². The molecule has 134 valence electrons. The first-order valence-electron chi connectivity index (χ1n) is 8.25. The standard InChI is InChI=1S/C21H20BrNO3/c1-21(2,3)15-7-5-13(6-8-15)19-23-17(20(24)26-19)12-14-11-16(22)9-10-18(14)25-4/h5-12H,1-4H3. The van der Waals surface area contributed by atoms with Gasteiger partial charge in [0.25, 0.3) is 0 Å². The number of hydrogen-bond acceptors (Lipinski definition) is 4. The van der Waals surface area contributed by atoms with E-state index in [-0.39, 0.29) is 11.1 Å². The number of carbonyl (C=O) groups is 1. The van der Waals surface area contributed by atoms with E-state index in [0.717, 1.165) is 15.6 Å². The van der Waals surface area contributed by atoms with Crippen LogP contribution in [-0.4, -0.2) is 19.0 Å². The molecule has 0 N–H and O–H groups in total. The topological polar surface area (TPSA) is 47.9 Å². The molecular formula is C21H20BrNO3. The van der Waals surface area contributed by atoms with Gasteiger partial charge in [-0.3, -0.25) is 0 Å². The van der Waals surface area contributed by atoms with Gasteiger partial charge in [0, 0.05) is 15.6 Å². The van der Waals surface area contributed by atoms with Crippen molar-refractivity contribution in [2.24, 2.45) is 4.99 Å². The lowest BCUT2D eigenvalue weighted by atomic mass is 9.87. The number of aliphatic imine (C=N–C) groups is 1. The monoisotopic (exact) mass is 413 g/mol. The number of ether oxygens (including phenoxy) is 2. The molecule has 0 aromatic heterocycles. The van der Waals surface area contributed by atoms with Crippen LogP contribution < -0.4 is 4.74 Å². The minimum absolute atomic E-state index is 0.0645. The van der Waals surface area contributed by atoms with E-state index in [0.29, 0.717) is 11.6 Å². The Morgan fingerprint density at radius 1 is 1.12 bits per heavy atom. The highest BCUT2D eigenvalue weighted by molar-refractivity contribution is 9.10. The molecule has 0 radical (unpaired) electrons. The summed E-state index contributed by atoms with van der Waals surface area (Å²) in [6.07, 6.45) is 1.67. The molecule has 2 aromatic carbocycles. The zero-order chi connectivity index (χ0) is 18.9. The van der Waals surface area contributed by atoms with Crippen LogP contribution >= 0.6 is 15.9 Å². The van der Waals surface area contributed by atoms with Gasteiger partial charge in [-0.15, -0.1) is 0 Å². The number of rotatable bonds is 3. The molecule has 4 nitrogen and oxygen atoms in total. The molecule has 0 bridgehead atoms. The molecule has 2 aromatic rings. The van der Waals surface area contributed by atoms with Gasteiger partial charge in [0.1, 0.15) is 5.75 Å². The second-order valence-corrected chi connectivity index (χ2v) is 7.97. The van der Waals surface area contributed by atoms with Crippen molar-refractivity contribution in [3.05, 3.63) is 69.3 Å². The third kappa shape index (κ3) is 3.88. The second kappa shape index (κ2) is 7.08. The highest BCUT2D eigenvalue weighted by Gasteiger charge is 2.25. The highest BCUT2D eigenvalue weighted by Crippen LogP contribution is 2.28. The zero-order valence-corrected chi connectivity index (χ0v) is 16.8. The Hall–Kier alpha value is -2.40. The fraction of sp³-hybridized carbons (Fsp3) is 0.238. The Morgan fingerprint density at radius 2 is 1.81 bits per heavy atom. The molecule has 0 saturated carbocycles. The van der Waals surface area contributed by atoms with Crippen LogP contribution in [0.5, 0.6) is 5.75 Å². The van der Waals surface area contributed by atoms with Crippen LogP contribution in [0.15, 0.2) is 57.6 Å². The minimum atomic E-state index is -0.470. The summed E-state index contributed by atoms with van der Waals surface area (Å²) in [6, 6.07) is 13.5. The molecule has 0 saturated heterocycles. The predicted molar refractivity (Wildman–Crippen MR) is 106 cm³/mol. The summed E-state index contributed by atoms with van der Waals surface area (Å²) < 4.78 is 11.6. The van der Waals surface area contributed by atoms with Gasteiger partial charge in [-0.2, -0.15) is 0 Å². The Morgan fingerprint density at radius 3 is 2.42 bits per heavy atom. The van der Waals surface area contributed by atoms with Crippen molar-refractivity contribution >= 4 is 33.9 Å². The molecule has 0 spiro atoms. The molecule has 0 atom stereocenters. The van der Waals surface area contributed by atoms with Gasteiger partial charge in [0.05, 0.1) is 7.11 Å². The van der Waals surface area contributed by atoms with E-state index in [1.165, 1.54) is 5.56 Å². The van der Waals surface area contributed by atoms with Crippen molar-refractivity contribution in [2.45, 2.75) is 26.2 Å². The van der Waals surface area contributed by atoms with Crippen LogP contribution in [0.25, 0.3) is 6.08 Å². The maximum absolute atomic E-state index is 12.2. The number of carbonyl (C=O) groups excluding carboxylic acids is 1. The molecule has 0 aliphatic carbocycles. The van der Waals surface area contributed by atoms with E-state index in [2.05, 4.69) is 41.7 Å². The van der Waals surface area contributed by atoms with Gasteiger partial charge >= 0.3 is 5.97 Å². The summed E-state index contributed by atoms with van der Waals surface area (Å²) in [7, 11) is 1.59. The molecule has 26 heavy (non-hydrogen) atoms. The maximum Gasteiger partial charge on any atom is 0.363 e. The van der Waals surface area contributed by atoms with E-state index in [1.807, 2.05) is 42.5 Å². The fourth-order valence-corrected chi connectivity index (χ4v) is 2.99. The van der Waals surface area contributed by atoms with E-state index in [4.69, 9.17) is 9.47 Å². The van der Waals surface area contributed by atoms with E-state index in [9.17, 15) is 4.79 Å². The third-order valence-electron chi connectivity index (χ3n) is 4.10. The Bertz CT molecular complexity index is 906. The molecule has 5 heteroatoms. The number of halogens is 1. The van der Waals surface area contributed by atoms with Crippen molar-refractivity contribution in [3.8, 4) is 5.75 Å². The van der Waals surface area contributed by atoms with Crippen LogP contribution in [-0.2, 0) is 14.9 Å². The second-order valence-electron chi connectivity index (χ2n) is 7.05. The molecule has 1 aliphatic rings. The van der Waals surface area contributed by atoms with Gasteiger partial charge in [-0.1, -0.05) is 48.8 Å².